The molecule has 114 valence electrons. The van der Waals surface area contributed by atoms with Gasteiger partial charge < -0.3 is 5.32 Å². The molecule has 1 N–H and O–H groups in total. The minimum atomic E-state index is 0.695. The largest absolute Gasteiger partial charge is 0.311 e. The summed E-state index contributed by atoms with van der Waals surface area (Å²) in [6.45, 7) is 13.0. The first-order valence-electron chi connectivity index (χ1n) is 8.62. The summed E-state index contributed by atoms with van der Waals surface area (Å²) in [5.41, 5.74) is 0. The van der Waals surface area contributed by atoms with Gasteiger partial charge in [-0.2, -0.15) is 0 Å². The highest BCUT2D eigenvalue weighted by Gasteiger charge is 2.25. The Labute approximate surface area is 121 Å². The lowest BCUT2D eigenvalue weighted by Crippen LogP contribution is -2.57. The van der Waals surface area contributed by atoms with Gasteiger partial charge in [-0.25, -0.2) is 0 Å². The van der Waals surface area contributed by atoms with E-state index in [2.05, 4.69) is 37.9 Å². The van der Waals surface area contributed by atoms with Crippen LogP contribution in [-0.4, -0.2) is 36.6 Å². The van der Waals surface area contributed by atoms with Crippen LogP contribution in [0.15, 0.2) is 0 Å². The molecule has 0 spiro atoms. The Balaban J connectivity index is 2.09. The van der Waals surface area contributed by atoms with E-state index in [-0.39, 0.29) is 0 Å². The van der Waals surface area contributed by atoms with E-state index in [1.54, 1.807) is 0 Å². The van der Waals surface area contributed by atoms with Crippen LogP contribution in [0.4, 0.5) is 0 Å². The first-order chi connectivity index (χ1) is 9.15. The molecule has 2 atom stereocenters. The highest BCUT2D eigenvalue weighted by molar-refractivity contribution is 4.85. The number of nitrogens with zero attached hydrogens (tertiary/aromatic N) is 1. The maximum atomic E-state index is 3.68. The Morgan fingerprint density at radius 3 is 2.32 bits per heavy atom. The van der Waals surface area contributed by atoms with Crippen molar-refractivity contribution in [3.05, 3.63) is 0 Å². The van der Waals surface area contributed by atoms with Crippen molar-refractivity contribution in [2.45, 2.75) is 84.7 Å². The highest BCUT2D eigenvalue weighted by atomic mass is 15.2. The third-order valence-corrected chi connectivity index (χ3v) is 4.58. The summed E-state index contributed by atoms with van der Waals surface area (Å²) in [4.78, 5) is 2.70. The zero-order valence-electron chi connectivity index (χ0n) is 13.8. The van der Waals surface area contributed by atoms with Gasteiger partial charge in [-0.05, 0) is 25.8 Å². The summed E-state index contributed by atoms with van der Waals surface area (Å²) in [6, 6.07) is 1.41. The number of rotatable bonds is 9. The Bertz CT molecular complexity index is 215. The van der Waals surface area contributed by atoms with E-state index in [0.29, 0.717) is 6.04 Å². The molecule has 1 saturated heterocycles. The number of nitrogens with one attached hydrogen (secondary N) is 1. The molecule has 0 bridgehead atoms. The van der Waals surface area contributed by atoms with Gasteiger partial charge in [0.25, 0.3) is 0 Å². The standard InChI is InChI=1S/C17H36N2/c1-5-6-7-8-9-10-11-12-19-14-17(15(2)3)18-13-16(19)4/h15-18H,5-14H2,1-4H3. The van der Waals surface area contributed by atoms with Crippen molar-refractivity contribution in [1.29, 1.82) is 0 Å². The average Bonchev–Trinajstić information content (AvgIpc) is 2.39. The molecule has 2 heteroatoms. The lowest BCUT2D eigenvalue weighted by molar-refractivity contribution is 0.121. The molecule has 19 heavy (non-hydrogen) atoms. The summed E-state index contributed by atoms with van der Waals surface area (Å²) >= 11 is 0. The zero-order valence-corrected chi connectivity index (χ0v) is 13.8. The van der Waals surface area contributed by atoms with Crippen molar-refractivity contribution in [1.82, 2.24) is 10.2 Å². The molecule has 0 amide bonds. The fraction of sp³-hybridized carbons (Fsp3) is 1.00. The Morgan fingerprint density at radius 2 is 1.68 bits per heavy atom. The van der Waals surface area contributed by atoms with E-state index in [1.807, 2.05) is 0 Å². The van der Waals surface area contributed by atoms with Crippen molar-refractivity contribution in [2.75, 3.05) is 19.6 Å². The van der Waals surface area contributed by atoms with Crippen molar-refractivity contribution in [3.63, 3.8) is 0 Å². The molecular formula is C17H36N2. The van der Waals surface area contributed by atoms with E-state index >= 15 is 0 Å². The van der Waals surface area contributed by atoms with Gasteiger partial charge in [0.1, 0.15) is 0 Å². The number of hydrogen-bond donors (Lipinski definition) is 1. The second-order valence-corrected chi connectivity index (χ2v) is 6.72. The second kappa shape index (κ2) is 9.77. The average molecular weight is 268 g/mol. The molecule has 1 aliphatic rings. The number of unbranched alkanes of at least 4 members (excludes halogenated alkanes) is 6. The minimum Gasteiger partial charge on any atom is -0.311 e. The molecule has 1 heterocycles. The minimum absolute atomic E-state index is 0.695. The van der Waals surface area contributed by atoms with E-state index < -0.39 is 0 Å². The van der Waals surface area contributed by atoms with E-state index in [4.69, 9.17) is 0 Å². The number of hydrogen-bond acceptors (Lipinski definition) is 2. The molecule has 0 radical (unpaired) electrons. The molecular weight excluding hydrogens is 232 g/mol. The van der Waals surface area contributed by atoms with Gasteiger partial charge in [-0.3, -0.25) is 4.90 Å². The third-order valence-electron chi connectivity index (χ3n) is 4.58. The van der Waals surface area contributed by atoms with Gasteiger partial charge in [0, 0.05) is 25.2 Å². The summed E-state index contributed by atoms with van der Waals surface area (Å²) in [5, 5.41) is 3.68. The molecule has 2 nitrogen and oxygen atoms in total. The van der Waals surface area contributed by atoms with Crippen molar-refractivity contribution >= 4 is 0 Å². The van der Waals surface area contributed by atoms with Crippen LogP contribution in [0.1, 0.15) is 72.6 Å². The predicted molar refractivity (Wildman–Crippen MR) is 85.7 cm³/mol. The normalized spacial score (nSPS) is 25.1. The molecule has 1 fully saturated rings. The summed E-state index contributed by atoms with van der Waals surface area (Å²) < 4.78 is 0. The molecule has 0 aromatic heterocycles. The van der Waals surface area contributed by atoms with Crippen LogP contribution in [-0.2, 0) is 0 Å². The molecule has 1 aliphatic heterocycles. The molecule has 0 aliphatic carbocycles. The van der Waals surface area contributed by atoms with E-state index in [1.165, 1.54) is 64.6 Å². The number of piperazine rings is 1. The van der Waals surface area contributed by atoms with Crippen LogP contribution in [0.2, 0.25) is 0 Å². The maximum absolute atomic E-state index is 3.68. The Hall–Kier alpha value is -0.0800. The molecule has 2 unspecified atom stereocenters. The van der Waals surface area contributed by atoms with Crippen LogP contribution in [0.5, 0.6) is 0 Å². The van der Waals surface area contributed by atoms with Gasteiger partial charge in [0.2, 0.25) is 0 Å². The predicted octanol–water partition coefficient (Wildman–Crippen LogP) is 4.06. The molecule has 0 aromatic rings. The summed E-state index contributed by atoms with van der Waals surface area (Å²) in [7, 11) is 0. The third kappa shape index (κ3) is 6.76. The molecule has 1 rings (SSSR count). The fourth-order valence-corrected chi connectivity index (χ4v) is 2.98. The second-order valence-electron chi connectivity index (χ2n) is 6.72. The summed E-state index contributed by atoms with van der Waals surface area (Å²) in [5.74, 6) is 0.754. The van der Waals surface area contributed by atoms with Crippen LogP contribution < -0.4 is 5.32 Å². The smallest absolute Gasteiger partial charge is 0.0218 e. The first kappa shape index (κ1) is 17.0. The zero-order chi connectivity index (χ0) is 14.1. The van der Waals surface area contributed by atoms with E-state index in [0.717, 1.165) is 12.0 Å². The first-order valence-corrected chi connectivity index (χ1v) is 8.62. The van der Waals surface area contributed by atoms with Crippen LogP contribution >= 0.6 is 0 Å². The Morgan fingerprint density at radius 1 is 1.05 bits per heavy atom. The lowest BCUT2D eigenvalue weighted by Gasteiger charge is -2.40. The SMILES string of the molecule is CCCCCCCCCN1CC(C(C)C)NCC1C. The van der Waals surface area contributed by atoms with Gasteiger partial charge in [-0.15, -0.1) is 0 Å². The van der Waals surface area contributed by atoms with Crippen LogP contribution in [0, 0.1) is 5.92 Å². The Kier molecular flexibility index (Phi) is 8.72. The van der Waals surface area contributed by atoms with Crippen molar-refractivity contribution in [2.24, 2.45) is 5.92 Å². The quantitative estimate of drug-likeness (QED) is 0.635. The topological polar surface area (TPSA) is 15.3 Å². The van der Waals surface area contributed by atoms with Crippen LogP contribution in [0.25, 0.3) is 0 Å². The highest BCUT2D eigenvalue weighted by Crippen LogP contribution is 2.14. The van der Waals surface area contributed by atoms with Gasteiger partial charge in [0.05, 0.1) is 0 Å². The van der Waals surface area contributed by atoms with Crippen molar-refractivity contribution < 1.29 is 0 Å². The van der Waals surface area contributed by atoms with Gasteiger partial charge in [-0.1, -0.05) is 59.3 Å². The molecule has 0 saturated carbocycles. The maximum Gasteiger partial charge on any atom is 0.0218 e. The van der Waals surface area contributed by atoms with Crippen molar-refractivity contribution in [3.8, 4) is 0 Å². The van der Waals surface area contributed by atoms with E-state index in [9.17, 15) is 0 Å². The fourth-order valence-electron chi connectivity index (χ4n) is 2.98. The van der Waals surface area contributed by atoms with Gasteiger partial charge in [0.15, 0.2) is 0 Å². The lowest BCUT2D eigenvalue weighted by atomic mass is 9.99. The molecule has 0 aromatic carbocycles. The van der Waals surface area contributed by atoms with Crippen LogP contribution in [0.3, 0.4) is 0 Å². The summed E-state index contributed by atoms with van der Waals surface area (Å²) in [6.07, 6.45) is 9.91. The monoisotopic (exact) mass is 268 g/mol. The van der Waals surface area contributed by atoms with Gasteiger partial charge >= 0.3 is 0 Å².